The van der Waals surface area contributed by atoms with Crippen LogP contribution in [0.2, 0.25) is 0 Å². The molecule has 13 heteroatoms. The van der Waals surface area contributed by atoms with Crippen LogP contribution in [0.3, 0.4) is 0 Å². The molecule has 0 aromatic carbocycles. The Balaban J connectivity index is 1.42. The molecule has 6 fully saturated rings. The van der Waals surface area contributed by atoms with E-state index in [1.165, 1.54) is 13.2 Å². The van der Waals surface area contributed by atoms with Gasteiger partial charge in [0.15, 0.2) is 11.9 Å². The Morgan fingerprint density at radius 1 is 1.02 bits per heavy atom. The molecule has 3 heterocycles. The van der Waals surface area contributed by atoms with E-state index in [4.69, 9.17) is 28.1 Å². The Kier molecular flexibility index (Phi) is 7.42. The summed E-state index contributed by atoms with van der Waals surface area (Å²) in [5.41, 5.74) is -6.03. The Bertz CT molecular complexity index is 1530. The molecule has 48 heavy (non-hydrogen) atoms. The van der Waals surface area contributed by atoms with Gasteiger partial charge in [-0.2, -0.15) is 0 Å². The molecule has 6 aliphatic rings. The van der Waals surface area contributed by atoms with Gasteiger partial charge in [-0.25, -0.2) is 0 Å². The lowest BCUT2D eigenvalue weighted by atomic mass is 9.33. The first-order valence-corrected chi connectivity index (χ1v) is 16.9. The number of hydrogen-bond donors (Lipinski definition) is 3. The van der Waals surface area contributed by atoms with Gasteiger partial charge in [-0.1, -0.05) is 27.7 Å². The second-order valence-electron chi connectivity index (χ2n) is 15.7. The molecule has 13 nitrogen and oxygen atoms in total. The van der Waals surface area contributed by atoms with Crippen LogP contribution in [0.25, 0.3) is 0 Å². The Labute approximate surface area is 278 Å². The number of ether oxygens (including phenoxy) is 5. The first-order chi connectivity index (χ1) is 22.5. The minimum absolute atomic E-state index is 0.0262. The van der Waals surface area contributed by atoms with Crippen LogP contribution in [0, 0.1) is 39.4 Å². The molecule has 4 aliphatic carbocycles. The fourth-order valence-electron chi connectivity index (χ4n) is 11.6. The molecule has 2 unspecified atom stereocenters. The number of hydrogen-bond acceptors (Lipinski definition) is 13. The van der Waals surface area contributed by atoms with Gasteiger partial charge in [0, 0.05) is 36.5 Å². The van der Waals surface area contributed by atoms with Crippen molar-refractivity contribution < 1.29 is 62.6 Å². The maximum Gasteiger partial charge on any atom is 0.310 e. The number of esters is 3. The molecule has 1 aromatic rings. The van der Waals surface area contributed by atoms with Gasteiger partial charge in [0.1, 0.15) is 17.8 Å². The van der Waals surface area contributed by atoms with Crippen LogP contribution in [0.5, 0.6) is 0 Å². The lowest BCUT2D eigenvalue weighted by Crippen LogP contribution is -2.84. The van der Waals surface area contributed by atoms with Crippen molar-refractivity contribution >= 4 is 23.7 Å². The fourth-order valence-corrected chi connectivity index (χ4v) is 11.6. The molecule has 1 aromatic heterocycles. The van der Waals surface area contributed by atoms with E-state index in [9.17, 15) is 29.7 Å². The largest absolute Gasteiger partial charge is 0.472 e. The second-order valence-corrected chi connectivity index (χ2v) is 15.7. The number of Topliss-reactive ketones (excluding diaryl/α,β-unsaturated/α-hetero) is 1. The molecule has 0 amide bonds. The van der Waals surface area contributed by atoms with E-state index in [0.717, 1.165) is 12.5 Å². The zero-order valence-corrected chi connectivity index (χ0v) is 28.3. The maximum atomic E-state index is 15.3. The first kappa shape index (κ1) is 33.6. The molecule has 264 valence electrons. The average molecular weight is 675 g/mol. The highest BCUT2D eigenvalue weighted by molar-refractivity contribution is 5.93. The van der Waals surface area contributed by atoms with E-state index < -0.39 is 112 Å². The molecular formula is C35H46O13. The van der Waals surface area contributed by atoms with Gasteiger partial charge in [0.2, 0.25) is 6.29 Å². The number of furan rings is 1. The monoisotopic (exact) mass is 674 g/mol. The number of ketones is 1. The van der Waals surface area contributed by atoms with Gasteiger partial charge < -0.3 is 43.4 Å². The van der Waals surface area contributed by atoms with Gasteiger partial charge >= 0.3 is 17.9 Å². The molecule has 1 spiro atoms. The number of fused-ring (bicyclic) bond motifs is 1. The zero-order valence-electron chi connectivity index (χ0n) is 28.3. The topological polar surface area (TPSA) is 192 Å². The van der Waals surface area contributed by atoms with Crippen molar-refractivity contribution in [2.24, 2.45) is 39.4 Å². The van der Waals surface area contributed by atoms with Gasteiger partial charge in [-0.3, -0.25) is 19.2 Å². The summed E-state index contributed by atoms with van der Waals surface area (Å²) in [4.78, 5) is 53.7. The number of epoxide rings is 1. The lowest BCUT2D eigenvalue weighted by molar-refractivity contribution is -0.391. The van der Waals surface area contributed by atoms with E-state index in [2.05, 4.69) is 0 Å². The summed E-state index contributed by atoms with van der Waals surface area (Å²) < 4.78 is 36.0. The van der Waals surface area contributed by atoms with Crippen LogP contribution in [0.15, 0.2) is 23.0 Å². The molecule has 16 atom stereocenters. The molecular weight excluding hydrogens is 628 g/mol. The predicted molar refractivity (Wildman–Crippen MR) is 161 cm³/mol. The molecule has 2 saturated heterocycles. The van der Waals surface area contributed by atoms with Crippen molar-refractivity contribution in [1.82, 2.24) is 0 Å². The van der Waals surface area contributed by atoms with Crippen LogP contribution < -0.4 is 0 Å². The second kappa shape index (κ2) is 10.6. The number of carbonyl (C=O) groups is 4. The third kappa shape index (κ3) is 3.74. The highest BCUT2D eigenvalue weighted by Crippen LogP contribution is 2.83. The third-order valence-electron chi connectivity index (χ3n) is 13.8. The minimum atomic E-state index is -1.73. The average Bonchev–Trinajstić information content (AvgIpc) is 3.39. The number of carbonyl (C=O) groups excluding carboxylic acids is 4. The van der Waals surface area contributed by atoms with Crippen LogP contribution in [0.1, 0.15) is 79.2 Å². The predicted octanol–water partition coefficient (Wildman–Crippen LogP) is 2.03. The fraction of sp³-hybridized carbons (Fsp3) is 0.771. The number of aliphatic hydroxyl groups is 3. The summed E-state index contributed by atoms with van der Waals surface area (Å²) in [5.74, 6) is -5.51. The Morgan fingerprint density at radius 2 is 1.71 bits per heavy atom. The van der Waals surface area contributed by atoms with Crippen molar-refractivity contribution in [3.05, 3.63) is 24.2 Å². The molecule has 2 bridgehead atoms. The molecule has 7 rings (SSSR count). The first-order valence-electron chi connectivity index (χ1n) is 16.9. The van der Waals surface area contributed by atoms with Gasteiger partial charge in [-0.05, 0) is 43.7 Å². The van der Waals surface area contributed by atoms with Crippen molar-refractivity contribution in [2.75, 3.05) is 6.61 Å². The van der Waals surface area contributed by atoms with E-state index in [-0.39, 0.29) is 18.9 Å². The lowest BCUT2D eigenvalue weighted by Gasteiger charge is -2.73. The van der Waals surface area contributed by atoms with Gasteiger partial charge in [0.25, 0.3) is 0 Å². The summed E-state index contributed by atoms with van der Waals surface area (Å²) in [5, 5.41) is 36.6. The molecule has 3 N–H and O–H groups in total. The number of rotatable bonds is 6. The van der Waals surface area contributed by atoms with Gasteiger partial charge in [-0.15, -0.1) is 0 Å². The number of aliphatic hydroxyl groups excluding tert-OH is 3. The maximum absolute atomic E-state index is 15.3. The molecule has 4 saturated carbocycles. The normalized spacial score (nSPS) is 50.6. The standard InChI is InChI=1S/C35H46O13/c1-8-15(2)29(42)47-30-31(5)20-12-21(38)33(7)25(34(20,14-44-30)26(41)24(40)27(31)45-16(3)36)23(39)28(46-17(4)37)32(6)19(18-9-10-43-13-18)11-22-35(32,33)48-22/h9-10,13,15,19-22,24-28,30,38,40-41H,8,11-12,14H2,1-7H3/t15?,19-,20-,21+,22+,24+,25-,26-,27+,28-,30?,31-,32+,33+,34-,35+/m0/s1. The van der Waals surface area contributed by atoms with Crippen molar-refractivity contribution in [3.8, 4) is 0 Å². The van der Waals surface area contributed by atoms with E-state index >= 15 is 4.79 Å². The summed E-state index contributed by atoms with van der Waals surface area (Å²) >= 11 is 0. The smallest absolute Gasteiger partial charge is 0.310 e. The summed E-state index contributed by atoms with van der Waals surface area (Å²) in [7, 11) is 0. The van der Waals surface area contributed by atoms with Gasteiger partial charge in [0.05, 0.1) is 54.2 Å². The summed E-state index contributed by atoms with van der Waals surface area (Å²) in [6, 6.07) is 1.81. The minimum Gasteiger partial charge on any atom is -0.472 e. The van der Waals surface area contributed by atoms with Crippen molar-refractivity contribution in [3.63, 3.8) is 0 Å². The van der Waals surface area contributed by atoms with Crippen molar-refractivity contribution in [2.45, 2.75) is 122 Å². The van der Waals surface area contributed by atoms with Crippen LogP contribution in [-0.2, 0) is 42.9 Å². The zero-order chi connectivity index (χ0) is 34.9. The van der Waals surface area contributed by atoms with Crippen LogP contribution in [-0.4, -0.2) is 94.1 Å². The highest BCUT2D eigenvalue weighted by atomic mass is 16.7. The Morgan fingerprint density at radius 3 is 2.31 bits per heavy atom. The van der Waals surface area contributed by atoms with Crippen LogP contribution in [0.4, 0.5) is 0 Å². The van der Waals surface area contributed by atoms with E-state index in [0.29, 0.717) is 12.8 Å². The third-order valence-corrected chi connectivity index (χ3v) is 13.8. The SMILES string of the molecule is CCC(C)C(=O)OC1OC[C@@]23[C@H]4C(=O)[C@H](OC(C)=O)[C@@]5(C)[C@H](c6ccoc6)C[C@H]6O[C@]65[C@]4(C)[C@H](O)C[C@H]2[C@@]1(C)[C@H](OC(C)=O)[C@H](O)[C@@H]3O. The van der Waals surface area contributed by atoms with E-state index in [1.807, 2.05) is 19.9 Å². The summed E-state index contributed by atoms with van der Waals surface area (Å²) in [6.07, 6.45) is -5.16. The Hall–Kier alpha value is -2.84. The van der Waals surface area contributed by atoms with Crippen molar-refractivity contribution in [1.29, 1.82) is 0 Å². The molecule has 2 aliphatic heterocycles. The quantitative estimate of drug-likeness (QED) is 0.226. The molecule has 0 radical (unpaired) electrons. The van der Waals surface area contributed by atoms with E-state index in [1.54, 1.807) is 27.0 Å². The highest BCUT2D eigenvalue weighted by Gasteiger charge is 2.93. The van der Waals surface area contributed by atoms with Crippen LogP contribution >= 0.6 is 0 Å². The summed E-state index contributed by atoms with van der Waals surface area (Å²) in [6.45, 7) is 10.9.